The first-order valence-corrected chi connectivity index (χ1v) is 8.41. The first-order valence-electron chi connectivity index (χ1n) is 8.41. The molecule has 5 nitrogen and oxygen atoms in total. The van der Waals surface area contributed by atoms with Crippen molar-refractivity contribution in [3.05, 3.63) is 102 Å². The summed E-state index contributed by atoms with van der Waals surface area (Å²) >= 11 is 0. The fraction of sp³-hybridized carbons (Fsp3) is 0.0455. The summed E-state index contributed by atoms with van der Waals surface area (Å²) in [6.07, 6.45) is -0.770. The number of rotatable bonds is 5. The summed E-state index contributed by atoms with van der Waals surface area (Å²) in [5.74, 6) is -0.329. The highest BCUT2D eigenvalue weighted by Gasteiger charge is 2.18. The zero-order chi connectivity index (χ0) is 19.1. The highest BCUT2D eigenvalue weighted by Crippen LogP contribution is 2.11. The van der Waals surface area contributed by atoms with Crippen molar-refractivity contribution in [2.45, 2.75) is 6.92 Å². The number of benzene rings is 3. The van der Waals surface area contributed by atoms with E-state index in [-0.39, 0.29) is 11.5 Å². The van der Waals surface area contributed by atoms with Gasteiger partial charge in [0.25, 0.3) is 0 Å². The molecule has 1 amide bonds. The van der Waals surface area contributed by atoms with Crippen molar-refractivity contribution < 1.29 is 14.4 Å². The van der Waals surface area contributed by atoms with Crippen molar-refractivity contribution in [2.24, 2.45) is 5.16 Å². The number of Topliss-reactive ketones (excluding diaryl/α,β-unsaturated/α-hetero) is 1. The molecule has 0 aromatic heterocycles. The Labute approximate surface area is 157 Å². The molecule has 0 unspecified atom stereocenters. The molecular weight excluding hydrogens is 340 g/mol. The Morgan fingerprint density at radius 1 is 0.778 bits per heavy atom. The van der Waals surface area contributed by atoms with Crippen LogP contribution in [0, 0.1) is 6.92 Å². The standard InChI is InChI=1S/C22H18N2O3/c1-16-12-14-19(15-13-16)23-22(26)27-24-20(17-8-4-2-5-9-17)21(25)18-10-6-3-7-11-18/h2-15H,1H3,(H,23,26)/b24-20+. The molecule has 0 aliphatic heterocycles. The van der Waals surface area contributed by atoms with Crippen LogP contribution in [0.3, 0.4) is 0 Å². The Kier molecular flexibility index (Phi) is 5.74. The number of aryl methyl sites for hydroxylation is 1. The Balaban J connectivity index is 1.81. The summed E-state index contributed by atoms with van der Waals surface area (Å²) in [4.78, 5) is 29.8. The Morgan fingerprint density at radius 3 is 1.93 bits per heavy atom. The van der Waals surface area contributed by atoms with E-state index in [9.17, 15) is 9.59 Å². The molecular formula is C22H18N2O3. The SMILES string of the molecule is Cc1ccc(NC(=O)O/N=C(/C(=O)c2ccccc2)c2ccccc2)cc1. The van der Waals surface area contributed by atoms with Gasteiger partial charge in [0, 0.05) is 16.8 Å². The summed E-state index contributed by atoms with van der Waals surface area (Å²) in [7, 11) is 0. The topological polar surface area (TPSA) is 67.8 Å². The Hall–Kier alpha value is -3.73. The van der Waals surface area contributed by atoms with E-state index in [1.54, 1.807) is 60.7 Å². The van der Waals surface area contributed by atoms with Crippen molar-refractivity contribution in [2.75, 3.05) is 5.32 Å². The molecule has 0 aliphatic rings. The molecule has 5 heteroatoms. The van der Waals surface area contributed by atoms with Gasteiger partial charge in [-0.25, -0.2) is 4.79 Å². The summed E-state index contributed by atoms with van der Waals surface area (Å²) in [5, 5.41) is 6.41. The lowest BCUT2D eigenvalue weighted by atomic mass is 10.0. The van der Waals surface area contributed by atoms with E-state index < -0.39 is 6.09 Å². The molecule has 0 fully saturated rings. The van der Waals surface area contributed by atoms with Crippen LogP contribution in [0.2, 0.25) is 0 Å². The van der Waals surface area contributed by atoms with Crippen molar-refractivity contribution >= 4 is 23.3 Å². The number of hydrogen-bond donors (Lipinski definition) is 1. The smallest absolute Gasteiger partial charge is 0.297 e. The van der Waals surface area contributed by atoms with Gasteiger partial charge >= 0.3 is 6.09 Å². The lowest BCUT2D eigenvalue weighted by Crippen LogP contribution is -2.19. The third-order valence-electron chi connectivity index (χ3n) is 3.82. The number of oxime groups is 1. The van der Waals surface area contributed by atoms with E-state index >= 15 is 0 Å². The van der Waals surface area contributed by atoms with E-state index in [2.05, 4.69) is 10.5 Å². The second kappa shape index (κ2) is 8.58. The quantitative estimate of drug-likeness (QED) is 0.307. The van der Waals surface area contributed by atoms with Crippen molar-refractivity contribution in [3.63, 3.8) is 0 Å². The van der Waals surface area contributed by atoms with Crippen LogP contribution < -0.4 is 5.32 Å². The highest BCUT2D eigenvalue weighted by molar-refractivity contribution is 6.51. The third-order valence-corrected chi connectivity index (χ3v) is 3.82. The maximum absolute atomic E-state index is 12.8. The largest absolute Gasteiger partial charge is 0.437 e. The van der Waals surface area contributed by atoms with E-state index in [4.69, 9.17) is 4.84 Å². The van der Waals surface area contributed by atoms with Gasteiger partial charge in [-0.1, -0.05) is 83.5 Å². The number of nitrogens with one attached hydrogen (secondary N) is 1. The van der Waals surface area contributed by atoms with Crippen LogP contribution in [-0.2, 0) is 4.84 Å². The van der Waals surface area contributed by atoms with E-state index in [1.165, 1.54) is 0 Å². The molecule has 3 aromatic rings. The van der Waals surface area contributed by atoms with Gasteiger partial charge in [0.05, 0.1) is 0 Å². The second-order valence-electron chi connectivity index (χ2n) is 5.87. The van der Waals surface area contributed by atoms with Gasteiger partial charge in [-0.2, -0.15) is 0 Å². The minimum Gasteiger partial charge on any atom is -0.297 e. The first-order chi connectivity index (χ1) is 13.1. The summed E-state index contributed by atoms with van der Waals surface area (Å²) in [6.45, 7) is 1.95. The Bertz CT molecular complexity index is 950. The second-order valence-corrected chi connectivity index (χ2v) is 5.87. The molecule has 0 radical (unpaired) electrons. The van der Waals surface area contributed by atoms with Crippen LogP contribution in [-0.4, -0.2) is 17.6 Å². The minimum absolute atomic E-state index is 0.0563. The van der Waals surface area contributed by atoms with E-state index in [0.717, 1.165) is 5.56 Å². The summed E-state index contributed by atoms with van der Waals surface area (Å²) in [6, 6.07) is 24.9. The monoisotopic (exact) mass is 358 g/mol. The molecule has 0 saturated heterocycles. The zero-order valence-corrected chi connectivity index (χ0v) is 14.8. The van der Waals surface area contributed by atoms with Gasteiger partial charge in [-0.05, 0) is 19.1 Å². The average molecular weight is 358 g/mol. The van der Waals surface area contributed by atoms with Gasteiger partial charge in [0.15, 0.2) is 5.71 Å². The van der Waals surface area contributed by atoms with Crippen molar-refractivity contribution in [3.8, 4) is 0 Å². The number of carbonyl (C=O) groups is 2. The zero-order valence-electron chi connectivity index (χ0n) is 14.8. The Morgan fingerprint density at radius 2 is 1.33 bits per heavy atom. The number of amides is 1. The van der Waals surface area contributed by atoms with Crippen molar-refractivity contribution in [1.29, 1.82) is 0 Å². The van der Waals surface area contributed by atoms with Crippen molar-refractivity contribution in [1.82, 2.24) is 0 Å². The van der Waals surface area contributed by atoms with Crippen LogP contribution in [0.1, 0.15) is 21.5 Å². The lowest BCUT2D eigenvalue weighted by molar-refractivity contribution is 0.106. The molecule has 3 rings (SSSR count). The summed E-state index contributed by atoms with van der Waals surface area (Å²) in [5.41, 5.74) is 2.74. The molecule has 0 aliphatic carbocycles. The average Bonchev–Trinajstić information content (AvgIpc) is 2.71. The van der Waals surface area contributed by atoms with Gasteiger partial charge in [-0.3, -0.25) is 14.9 Å². The van der Waals surface area contributed by atoms with Gasteiger partial charge < -0.3 is 0 Å². The number of carbonyl (C=O) groups excluding carboxylic acids is 2. The predicted octanol–water partition coefficient (Wildman–Crippen LogP) is 4.83. The number of ketones is 1. The molecule has 0 heterocycles. The van der Waals surface area contributed by atoms with Crippen LogP contribution in [0.5, 0.6) is 0 Å². The molecule has 0 atom stereocenters. The molecule has 3 aromatic carbocycles. The third kappa shape index (κ3) is 4.89. The predicted molar refractivity (Wildman–Crippen MR) is 105 cm³/mol. The molecule has 1 N–H and O–H groups in total. The number of nitrogens with zero attached hydrogens (tertiary/aromatic N) is 1. The number of hydrogen-bond acceptors (Lipinski definition) is 4. The van der Waals surface area contributed by atoms with E-state index in [0.29, 0.717) is 16.8 Å². The molecule has 0 bridgehead atoms. The minimum atomic E-state index is -0.770. The molecule has 0 spiro atoms. The highest BCUT2D eigenvalue weighted by atomic mass is 16.7. The fourth-order valence-electron chi connectivity index (χ4n) is 2.41. The maximum atomic E-state index is 12.8. The number of anilines is 1. The van der Waals surface area contributed by atoms with Crippen LogP contribution >= 0.6 is 0 Å². The molecule has 134 valence electrons. The van der Waals surface area contributed by atoms with Crippen LogP contribution in [0.15, 0.2) is 90.1 Å². The fourth-order valence-corrected chi connectivity index (χ4v) is 2.41. The maximum Gasteiger partial charge on any atom is 0.437 e. The molecule has 27 heavy (non-hydrogen) atoms. The normalized spacial score (nSPS) is 10.9. The van der Waals surface area contributed by atoms with E-state index in [1.807, 2.05) is 31.2 Å². The first kappa shape index (κ1) is 18.1. The lowest BCUT2D eigenvalue weighted by Gasteiger charge is -2.07. The van der Waals surface area contributed by atoms with Crippen LogP contribution in [0.25, 0.3) is 0 Å². The van der Waals surface area contributed by atoms with Gasteiger partial charge in [0.2, 0.25) is 5.78 Å². The van der Waals surface area contributed by atoms with Gasteiger partial charge in [-0.15, -0.1) is 0 Å². The van der Waals surface area contributed by atoms with Gasteiger partial charge in [0.1, 0.15) is 0 Å². The van der Waals surface area contributed by atoms with Crippen LogP contribution in [0.4, 0.5) is 10.5 Å². The summed E-state index contributed by atoms with van der Waals surface area (Å²) < 4.78 is 0. The molecule has 0 saturated carbocycles.